The molecule has 1 unspecified atom stereocenters. The zero-order valence-corrected chi connectivity index (χ0v) is 14.3. The lowest BCUT2D eigenvalue weighted by Gasteiger charge is -2.34. The molecule has 0 amide bonds. The van der Waals surface area contributed by atoms with Crippen molar-refractivity contribution in [2.75, 3.05) is 11.9 Å². The first-order valence-electron chi connectivity index (χ1n) is 7.21. The molecule has 0 spiro atoms. The van der Waals surface area contributed by atoms with Crippen LogP contribution in [0.15, 0.2) is 29.2 Å². The molecule has 0 heterocycles. The summed E-state index contributed by atoms with van der Waals surface area (Å²) in [5, 5.41) is 3.38. The second-order valence-corrected chi connectivity index (χ2v) is 7.92. The van der Waals surface area contributed by atoms with Crippen LogP contribution in [0.5, 0.6) is 0 Å². The van der Waals surface area contributed by atoms with Gasteiger partial charge in [0.15, 0.2) is 0 Å². The molecule has 1 aromatic carbocycles. The summed E-state index contributed by atoms with van der Waals surface area (Å²) in [6.07, 6.45) is 0. The van der Waals surface area contributed by atoms with Crippen molar-refractivity contribution in [3.63, 3.8) is 0 Å². The molecule has 5 nitrogen and oxygen atoms in total. The van der Waals surface area contributed by atoms with Gasteiger partial charge in [0.2, 0.25) is 10.0 Å². The van der Waals surface area contributed by atoms with Crippen molar-refractivity contribution < 1.29 is 8.42 Å². The molecule has 0 saturated heterocycles. The second-order valence-electron chi connectivity index (χ2n) is 6.20. The Morgan fingerprint density at radius 2 is 1.67 bits per heavy atom. The minimum Gasteiger partial charge on any atom is -0.378 e. The quantitative estimate of drug-likeness (QED) is 0.720. The molecule has 21 heavy (non-hydrogen) atoms. The topological polar surface area (TPSA) is 84.2 Å². The van der Waals surface area contributed by atoms with E-state index in [2.05, 4.69) is 30.8 Å². The lowest BCUT2D eigenvalue weighted by Crippen LogP contribution is -2.47. The third-order valence-electron chi connectivity index (χ3n) is 3.68. The summed E-state index contributed by atoms with van der Waals surface area (Å²) in [5.74, 6) is 0.355. The highest BCUT2D eigenvalue weighted by atomic mass is 32.2. The molecule has 4 N–H and O–H groups in total. The van der Waals surface area contributed by atoms with E-state index in [1.807, 2.05) is 0 Å². The van der Waals surface area contributed by atoms with E-state index in [4.69, 9.17) is 5.73 Å². The third-order valence-corrected chi connectivity index (χ3v) is 5.36. The van der Waals surface area contributed by atoms with E-state index in [0.717, 1.165) is 5.69 Å². The number of hydrogen-bond acceptors (Lipinski definition) is 4. The van der Waals surface area contributed by atoms with Crippen LogP contribution < -0.4 is 15.8 Å². The Balaban J connectivity index is 2.93. The van der Waals surface area contributed by atoms with Gasteiger partial charge in [0.25, 0.3) is 0 Å². The maximum atomic E-state index is 12.1. The first-order chi connectivity index (χ1) is 9.60. The van der Waals surface area contributed by atoms with E-state index < -0.39 is 10.0 Å². The van der Waals surface area contributed by atoms with Crippen LogP contribution in [0, 0.1) is 5.92 Å². The van der Waals surface area contributed by atoms with Gasteiger partial charge in [-0.2, -0.15) is 0 Å². The molecule has 0 saturated carbocycles. The number of nitrogens with two attached hydrogens (primary N) is 1. The molecule has 1 rings (SSSR count). The van der Waals surface area contributed by atoms with Gasteiger partial charge in [0.05, 0.1) is 4.90 Å². The summed E-state index contributed by atoms with van der Waals surface area (Å²) in [4.78, 5) is 0.265. The van der Waals surface area contributed by atoms with Crippen LogP contribution >= 0.6 is 0 Å². The lowest BCUT2D eigenvalue weighted by molar-refractivity contribution is 0.382. The van der Waals surface area contributed by atoms with E-state index in [1.54, 1.807) is 38.1 Å². The molecule has 0 aliphatic carbocycles. The maximum absolute atomic E-state index is 12.1. The van der Waals surface area contributed by atoms with Crippen molar-refractivity contribution >= 4 is 15.7 Å². The Kier molecular flexibility index (Phi) is 5.78. The number of benzene rings is 1. The second kappa shape index (κ2) is 6.77. The predicted octanol–water partition coefficient (Wildman–Crippen LogP) is 2.16. The molecular formula is C15H27N3O2S. The Morgan fingerprint density at radius 3 is 2.05 bits per heavy atom. The summed E-state index contributed by atoms with van der Waals surface area (Å²) in [6.45, 7) is 10.4. The zero-order chi connectivity index (χ0) is 16.3. The van der Waals surface area contributed by atoms with E-state index >= 15 is 0 Å². The smallest absolute Gasteiger partial charge is 0.240 e. The Hall–Kier alpha value is -1.11. The number of anilines is 1. The molecule has 1 aromatic rings. The van der Waals surface area contributed by atoms with Gasteiger partial charge in [-0.1, -0.05) is 13.8 Å². The normalized spacial score (nSPS) is 15.2. The Morgan fingerprint density at radius 1 is 1.14 bits per heavy atom. The van der Waals surface area contributed by atoms with Crippen LogP contribution in [0.2, 0.25) is 0 Å². The van der Waals surface area contributed by atoms with Crippen LogP contribution in [0.4, 0.5) is 5.69 Å². The van der Waals surface area contributed by atoms with Gasteiger partial charge in [0, 0.05) is 23.8 Å². The van der Waals surface area contributed by atoms with Crippen molar-refractivity contribution in [1.29, 1.82) is 0 Å². The highest BCUT2D eigenvalue weighted by Crippen LogP contribution is 2.23. The minimum atomic E-state index is -3.44. The van der Waals surface area contributed by atoms with Crippen LogP contribution in [-0.4, -0.2) is 26.5 Å². The summed E-state index contributed by atoms with van der Waals surface area (Å²) in [5.41, 5.74) is 6.48. The first kappa shape index (κ1) is 17.9. The van der Waals surface area contributed by atoms with Gasteiger partial charge >= 0.3 is 0 Å². The van der Waals surface area contributed by atoms with Crippen molar-refractivity contribution in [2.45, 2.75) is 51.1 Å². The van der Waals surface area contributed by atoms with Crippen LogP contribution in [0.25, 0.3) is 0 Å². The summed E-state index contributed by atoms with van der Waals surface area (Å²) < 4.78 is 26.7. The molecule has 0 radical (unpaired) electrons. The summed E-state index contributed by atoms with van der Waals surface area (Å²) in [7, 11) is -3.44. The fourth-order valence-corrected chi connectivity index (χ4v) is 3.11. The fourth-order valence-electron chi connectivity index (χ4n) is 1.86. The van der Waals surface area contributed by atoms with Crippen LogP contribution in [0.1, 0.15) is 34.6 Å². The molecule has 6 heteroatoms. The maximum Gasteiger partial charge on any atom is 0.240 e. The van der Waals surface area contributed by atoms with E-state index in [9.17, 15) is 8.42 Å². The van der Waals surface area contributed by atoms with Gasteiger partial charge < -0.3 is 11.1 Å². The van der Waals surface area contributed by atoms with E-state index in [1.165, 1.54) is 0 Å². The van der Waals surface area contributed by atoms with Crippen molar-refractivity contribution in [3.8, 4) is 0 Å². The van der Waals surface area contributed by atoms with Gasteiger partial charge in [-0.3, -0.25) is 0 Å². The SMILES string of the molecule is CC(C)NS(=O)(=O)c1ccc(NC(C)(CN)C(C)C)cc1. The lowest BCUT2D eigenvalue weighted by atomic mass is 9.88. The standard InChI is InChI=1S/C15H27N3O2S/c1-11(2)15(5,10-16)17-13-6-8-14(9-7-13)21(19,20)18-12(3)4/h6-9,11-12,17-18H,10,16H2,1-5H3. The largest absolute Gasteiger partial charge is 0.378 e. The molecule has 0 bridgehead atoms. The molecule has 120 valence electrons. The van der Waals surface area contributed by atoms with Crippen molar-refractivity contribution in [3.05, 3.63) is 24.3 Å². The van der Waals surface area contributed by atoms with Gasteiger partial charge in [-0.05, 0) is 51.0 Å². The zero-order valence-electron chi connectivity index (χ0n) is 13.5. The molecule has 1 atom stereocenters. The van der Waals surface area contributed by atoms with Crippen molar-refractivity contribution in [1.82, 2.24) is 4.72 Å². The Labute approximate surface area is 128 Å². The fraction of sp³-hybridized carbons (Fsp3) is 0.600. The third kappa shape index (κ3) is 4.69. The first-order valence-corrected chi connectivity index (χ1v) is 8.69. The van der Waals surface area contributed by atoms with Gasteiger partial charge in [-0.25, -0.2) is 13.1 Å². The average Bonchev–Trinajstić information content (AvgIpc) is 2.37. The van der Waals surface area contributed by atoms with Crippen LogP contribution in [0.3, 0.4) is 0 Å². The summed E-state index contributed by atoms with van der Waals surface area (Å²) >= 11 is 0. The minimum absolute atomic E-state index is 0.130. The highest BCUT2D eigenvalue weighted by molar-refractivity contribution is 7.89. The monoisotopic (exact) mass is 313 g/mol. The molecule has 0 aliphatic heterocycles. The van der Waals surface area contributed by atoms with E-state index in [0.29, 0.717) is 12.5 Å². The highest BCUT2D eigenvalue weighted by Gasteiger charge is 2.26. The predicted molar refractivity (Wildman–Crippen MR) is 87.8 cm³/mol. The van der Waals surface area contributed by atoms with Gasteiger partial charge in [0.1, 0.15) is 0 Å². The van der Waals surface area contributed by atoms with Gasteiger partial charge in [-0.15, -0.1) is 0 Å². The number of sulfonamides is 1. The molecule has 0 fully saturated rings. The number of nitrogens with one attached hydrogen (secondary N) is 2. The summed E-state index contributed by atoms with van der Waals surface area (Å²) in [6, 6.07) is 6.61. The number of hydrogen-bond donors (Lipinski definition) is 3. The van der Waals surface area contributed by atoms with E-state index in [-0.39, 0.29) is 16.5 Å². The van der Waals surface area contributed by atoms with Crippen LogP contribution in [-0.2, 0) is 10.0 Å². The molecule has 0 aromatic heterocycles. The van der Waals surface area contributed by atoms with Crippen molar-refractivity contribution in [2.24, 2.45) is 11.7 Å². The molecular weight excluding hydrogens is 286 g/mol. The number of rotatable bonds is 7. The average molecular weight is 313 g/mol. The molecule has 0 aliphatic rings. The Bertz CT molecular complexity index is 553.